The molecule has 0 fully saturated rings. The van der Waals surface area contributed by atoms with E-state index in [1.807, 2.05) is 26.0 Å². The minimum atomic E-state index is 1.12. The zero-order chi connectivity index (χ0) is 8.97. The fourth-order valence-electron chi connectivity index (χ4n) is 1.07. The summed E-state index contributed by atoms with van der Waals surface area (Å²) in [5.74, 6) is 0. The zero-order valence-electron chi connectivity index (χ0n) is 7.33. The van der Waals surface area contributed by atoms with E-state index in [4.69, 9.17) is 5.26 Å². The van der Waals surface area contributed by atoms with Crippen molar-refractivity contribution in [2.24, 2.45) is 0 Å². The number of benzene rings is 1. The van der Waals surface area contributed by atoms with Crippen LogP contribution in [0.2, 0.25) is 0 Å². The van der Waals surface area contributed by atoms with Crippen LogP contribution in [0.15, 0.2) is 24.3 Å². The predicted octanol–water partition coefficient (Wildman–Crippen LogP) is 2.84. The van der Waals surface area contributed by atoms with Gasteiger partial charge in [-0.3, -0.25) is 0 Å². The topological polar surface area (TPSA) is 23.8 Å². The van der Waals surface area contributed by atoms with E-state index >= 15 is 0 Å². The maximum absolute atomic E-state index is 8.35. The Morgan fingerprint density at radius 2 is 2.08 bits per heavy atom. The maximum Gasteiger partial charge on any atom is 0.0912 e. The highest BCUT2D eigenvalue weighted by molar-refractivity contribution is 5.56. The van der Waals surface area contributed by atoms with E-state index in [1.54, 1.807) is 0 Å². The zero-order valence-corrected chi connectivity index (χ0v) is 7.33. The number of allylic oxidation sites excluding steroid dienone is 1. The highest BCUT2D eigenvalue weighted by Gasteiger charge is 1.92. The van der Waals surface area contributed by atoms with Crippen molar-refractivity contribution < 1.29 is 0 Å². The van der Waals surface area contributed by atoms with Crippen molar-refractivity contribution in [3.63, 3.8) is 0 Å². The third-order valence-electron chi connectivity index (χ3n) is 1.77. The van der Waals surface area contributed by atoms with Gasteiger partial charge in [-0.05, 0) is 31.1 Å². The van der Waals surface area contributed by atoms with Gasteiger partial charge in [-0.1, -0.05) is 23.8 Å². The molecular formula is C11H11N. The minimum absolute atomic E-state index is 1.12. The lowest BCUT2D eigenvalue weighted by molar-refractivity contribution is 1.38. The van der Waals surface area contributed by atoms with Crippen LogP contribution >= 0.6 is 0 Å². The Kier molecular flexibility index (Phi) is 2.66. The Hall–Kier alpha value is -1.55. The highest BCUT2D eigenvalue weighted by Crippen LogP contribution is 2.11. The summed E-state index contributed by atoms with van der Waals surface area (Å²) in [7, 11) is 0. The molecule has 0 spiro atoms. The van der Waals surface area contributed by atoms with Gasteiger partial charge >= 0.3 is 0 Å². The number of hydrogen-bond donors (Lipinski definition) is 0. The first-order chi connectivity index (χ1) is 5.74. The van der Waals surface area contributed by atoms with Crippen molar-refractivity contribution in [1.82, 2.24) is 0 Å². The Bertz CT molecular complexity index is 343. The highest BCUT2D eigenvalue weighted by atomic mass is 14.2. The van der Waals surface area contributed by atoms with Crippen LogP contribution in [0.1, 0.15) is 16.7 Å². The fourth-order valence-corrected chi connectivity index (χ4v) is 1.07. The number of nitriles is 1. The van der Waals surface area contributed by atoms with Crippen molar-refractivity contribution in [1.29, 1.82) is 5.26 Å². The number of hydrogen-bond acceptors (Lipinski definition) is 1. The van der Waals surface area contributed by atoms with Crippen LogP contribution in [0.25, 0.3) is 6.08 Å². The van der Waals surface area contributed by atoms with Gasteiger partial charge in [0.2, 0.25) is 0 Å². The molecule has 0 amide bonds. The van der Waals surface area contributed by atoms with Gasteiger partial charge in [-0.2, -0.15) is 5.26 Å². The van der Waals surface area contributed by atoms with E-state index < -0.39 is 0 Å². The summed E-state index contributed by atoms with van der Waals surface area (Å²) in [4.78, 5) is 0. The molecule has 0 aliphatic rings. The van der Waals surface area contributed by atoms with E-state index in [1.165, 1.54) is 17.2 Å². The Balaban J connectivity index is 3.07. The third-order valence-corrected chi connectivity index (χ3v) is 1.77. The monoisotopic (exact) mass is 157 g/mol. The predicted molar refractivity (Wildman–Crippen MR) is 50.6 cm³/mol. The van der Waals surface area contributed by atoms with Gasteiger partial charge in [0.15, 0.2) is 0 Å². The van der Waals surface area contributed by atoms with Gasteiger partial charge in [0, 0.05) is 6.08 Å². The van der Waals surface area contributed by atoms with Gasteiger partial charge in [-0.15, -0.1) is 0 Å². The second kappa shape index (κ2) is 3.73. The molecule has 0 aliphatic heterocycles. The van der Waals surface area contributed by atoms with Gasteiger partial charge in [-0.25, -0.2) is 0 Å². The first-order valence-corrected chi connectivity index (χ1v) is 3.87. The Labute approximate surface area is 73.0 Å². The molecule has 0 heterocycles. The van der Waals surface area contributed by atoms with Crippen LogP contribution in [-0.2, 0) is 0 Å². The van der Waals surface area contributed by atoms with E-state index in [-0.39, 0.29) is 0 Å². The lowest BCUT2D eigenvalue weighted by Gasteiger charge is -2.00. The molecule has 0 N–H and O–H groups in total. The molecule has 1 nitrogen and oxygen atoms in total. The molecule has 0 aromatic heterocycles. The quantitative estimate of drug-likeness (QED) is 0.575. The second-order valence-electron chi connectivity index (χ2n) is 2.82. The Morgan fingerprint density at radius 1 is 1.33 bits per heavy atom. The molecule has 1 aromatic rings. The average molecular weight is 157 g/mol. The van der Waals surface area contributed by atoms with Crippen LogP contribution in [0, 0.1) is 25.2 Å². The van der Waals surface area contributed by atoms with Crippen LogP contribution in [0.5, 0.6) is 0 Å². The summed E-state index contributed by atoms with van der Waals surface area (Å²) >= 11 is 0. The van der Waals surface area contributed by atoms with Crippen molar-refractivity contribution in [2.45, 2.75) is 13.8 Å². The first kappa shape index (κ1) is 8.55. The molecule has 0 unspecified atom stereocenters. The van der Waals surface area contributed by atoms with Gasteiger partial charge in [0.1, 0.15) is 0 Å². The van der Waals surface area contributed by atoms with Crippen molar-refractivity contribution in [2.75, 3.05) is 0 Å². The SMILES string of the molecule is Cc1ccc(C)c(C=CC#N)c1. The lowest BCUT2D eigenvalue weighted by atomic mass is 10.1. The maximum atomic E-state index is 8.35. The molecule has 12 heavy (non-hydrogen) atoms. The van der Waals surface area contributed by atoms with E-state index in [0.717, 1.165) is 5.56 Å². The standard InChI is InChI=1S/C11H11N/c1-9-5-6-10(2)11(8-9)4-3-7-12/h3-6,8H,1-2H3. The second-order valence-corrected chi connectivity index (χ2v) is 2.82. The van der Waals surface area contributed by atoms with Gasteiger partial charge in [0.25, 0.3) is 0 Å². The van der Waals surface area contributed by atoms with Crippen molar-refractivity contribution >= 4 is 6.08 Å². The summed E-state index contributed by atoms with van der Waals surface area (Å²) in [5.41, 5.74) is 3.54. The lowest BCUT2D eigenvalue weighted by Crippen LogP contribution is -1.81. The number of nitrogens with zero attached hydrogens (tertiary/aromatic N) is 1. The molecule has 0 radical (unpaired) electrons. The fraction of sp³-hybridized carbons (Fsp3) is 0.182. The Morgan fingerprint density at radius 3 is 2.75 bits per heavy atom. The number of rotatable bonds is 1. The molecule has 0 bridgehead atoms. The van der Waals surface area contributed by atoms with Gasteiger partial charge in [0.05, 0.1) is 6.07 Å². The van der Waals surface area contributed by atoms with Crippen LogP contribution in [0.3, 0.4) is 0 Å². The molecule has 1 aromatic carbocycles. The average Bonchev–Trinajstić information content (AvgIpc) is 2.07. The van der Waals surface area contributed by atoms with Crippen LogP contribution in [-0.4, -0.2) is 0 Å². The summed E-state index contributed by atoms with van der Waals surface area (Å²) in [6, 6.07) is 8.19. The molecule has 60 valence electrons. The number of aryl methyl sites for hydroxylation is 2. The minimum Gasteiger partial charge on any atom is -0.193 e. The van der Waals surface area contributed by atoms with Crippen molar-refractivity contribution in [3.8, 4) is 6.07 Å². The van der Waals surface area contributed by atoms with Crippen molar-refractivity contribution in [3.05, 3.63) is 41.0 Å². The summed E-state index contributed by atoms with van der Waals surface area (Å²) < 4.78 is 0. The molecule has 1 rings (SSSR count). The first-order valence-electron chi connectivity index (χ1n) is 3.87. The normalized spacial score (nSPS) is 10.1. The smallest absolute Gasteiger partial charge is 0.0912 e. The summed E-state index contributed by atoms with van der Waals surface area (Å²) in [5, 5.41) is 8.35. The molecular weight excluding hydrogens is 146 g/mol. The third kappa shape index (κ3) is 1.96. The molecule has 1 heteroatoms. The van der Waals surface area contributed by atoms with E-state index in [2.05, 4.69) is 18.2 Å². The molecule has 0 saturated carbocycles. The largest absolute Gasteiger partial charge is 0.193 e. The molecule has 0 atom stereocenters. The summed E-state index contributed by atoms with van der Waals surface area (Å²) in [6.45, 7) is 4.08. The van der Waals surface area contributed by atoms with E-state index in [0.29, 0.717) is 0 Å². The van der Waals surface area contributed by atoms with Gasteiger partial charge < -0.3 is 0 Å². The van der Waals surface area contributed by atoms with Crippen LogP contribution < -0.4 is 0 Å². The van der Waals surface area contributed by atoms with Crippen LogP contribution in [0.4, 0.5) is 0 Å². The van der Waals surface area contributed by atoms with E-state index in [9.17, 15) is 0 Å². The summed E-state index contributed by atoms with van der Waals surface area (Å²) in [6.07, 6.45) is 3.34. The molecule has 0 saturated heterocycles. The molecule has 0 aliphatic carbocycles.